The van der Waals surface area contributed by atoms with Crippen LogP contribution in [0.5, 0.6) is 0 Å². The number of nitro benzene ring substituents is 1. The van der Waals surface area contributed by atoms with Crippen LogP contribution in [0.4, 0.5) is 5.69 Å². The van der Waals surface area contributed by atoms with E-state index in [1.807, 2.05) is 0 Å². The van der Waals surface area contributed by atoms with Gasteiger partial charge < -0.3 is 0 Å². The smallest absolute Gasteiger partial charge is 0.267 e. The first-order valence-electron chi connectivity index (χ1n) is 4.83. The van der Waals surface area contributed by atoms with Crippen molar-refractivity contribution < 1.29 is 4.92 Å². The summed E-state index contributed by atoms with van der Waals surface area (Å²) in [5.41, 5.74) is -0.481. The Bertz CT molecular complexity index is 638. The second-order valence-electron chi connectivity index (χ2n) is 3.39. The van der Waals surface area contributed by atoms with Crippen LogP contribution < -0.4 is 5.56 Å². The first kappa shape index (κ1) is 11.5. The van der Waals surface area contributed by atoms with Crippen molar-refractivity contribution in [2.45, 2.75) is 6.54 Å². The van der Waals surface area contributed by atoms with Crippen LogP contribution in [0.3, 0.4) is 0 Å². The van der Waals surface area contributed by atoms with Crippen LogP contribution >= 0.6 is 11.6 Å². The number of alkyl halides is 1. The van der Waals surface area contributed by atoms with Gasteiger partial charge in [0.25, 0.3) is 11.2 Å². The molecule has 0 saturated heterocycles. The largest absolute Gasteiger partial charge is 0.274 e. The van der Waals surface area contributed by atoms with Crippen LogP contribution in [0.15, 0.2) is 29.2 Å². The lowest BCUT2D eigenvalue weighted by atomic mass is 10.2. The average Bonchev–Trinajstić information content (AvgIpc) is 2.32. The fraction of sp³-hybridized carbons (Fsp3) is 0.200. The SMILES string of the molecule is O=c1c2cc([N+](=O)[O-])ccc2cnn1CCCl. The van der Waals surface area contributed by atoms with E-state index >= 15 is 0 Å². The number of benzene rings is 1. The number of non-ortho nitro benzene ring substituents is 1. The summed E-state index contributed by atoms with van der Waals surface area (Å²) >= 11 is 5.53. The monoisotopic (exact) mass is 253 g/mol. The Morgan fingerprint density at radius 2 is 2.24 bits per heavy atom. The van der Waals surface area contributed by atoms with Gasteiger partial charge in [0, 0.05) is 23.4 Å². The predicted octanol–water partition coefficient (Wildman–Crippen LogP) is 1.54. The molecule has 7 heteroatoms. The Morgan fingerprint density at radius 1 is 1.47 bits per heavy atom. The Hall–Kier alpha value is -1.95. The van der Waals surface area contributed by atoms with Gasteiger partial charge in [-0.3, -0.25) is 14.9 Å². The molecule has 0 amide bonds. The molecule has 1 aromatic carbocycles. The molecule has 2 rings (SSSR count). The molecule has 0 fully saturated rings. The molecule has 0 aliphatic heterocycles. The maximum absolute atomic E-state index is 11.9. The number of fused-ring (bicyclic) bond motifs is 1. The summed E-state index contributed by atoms with van der Waals surface area (Å²) in [5.74, 6) is 0.257. The van der Waals surface area contributed by atoms with E-state index in [1.54, 1.807) is 0 Å². The summed E-state index contributed by atoms with van der Waals surface area (Å²) < 4.78 is 1.19. The van der Waals surface area contributed by atoms with Gasteiger partial charge in [-0.25, -0.2) is 4.68 Å². The predicted molar refractivity (Wildman–Crippen MR) is 63.4 cm³/mol. The van der Waals surface area contributed by atoms with Crippen LogP contribution in [-0.4, -0.2) is 20.6 Å². The summed E-state index contributed by atoms with van der Waals surface area (Å²) in [4.78, 5) is 22.0. The molecule has 0 aliphatic rings. The van der Waals surface area contributed by atoms with Crippen molar-refractivity contribution >= 4 is 28.1 Å². The molecule has 0 spiro atoms. The molecule has 88 valence electrons. The van der Waals surface area contributed by atoms with E-state index in [0.29, 0.717) is 5.39 Å². The first-order chi connectivity index (χ1) is 8.13. The lowest BCUT2D eigenvalue weighted by molar-refractivity contribution is -0.384. The van der Waals surface area contributed by atoms with Crippen LogP contribution in [0.2, 0.25) is 0 Å². The van der Waals surface area contributed by atoms with Crippen molar-refractivity contribution in [3.63, 3.8) is 0 Å². The molecule has 0 unspecified atom stereocenters. The minimum atomic E-state index is -0.537. The topological polar surface area (TPSA) is 78.0 Å². The number of hydrogen-bond donors (Lipinski definition) is 0. The normalized spacial score (nSPS) is 10.6. The summed E-state index contributed by atoms with van der Waals surface area (Å²) in [6, 6.07) is 4.10. The average molecular weight is 254 g/mol. The molecule has 6 nitrogen and oxygen atoms in total. The Labute approximate surface area is 101 Å². The van der Waals surface area contributed by atoms with E-state index < -0.39 is 4.92 Å². The van der Waals surface area contributed by atoms with Crippen molar-refractivity contribution in [3.8, 4) is 0 Å². The van der Waals surface area contributed by atoms with Gasteiger partial charge in [0.05, 0.1) is 23.1 Å². The van der Waals surface area contributed by atoms with Crippen LogP contribution in [0, 0.1) is 10.1 Å². The van der Waals surface area contributed by atoms with E-state index in [4.69, 9.17) is 11.6 Å². The lowest BCUT2D eigenvalue weighted by Crippen LogP contribution is -2.23. The Morgan fingerprint density at radius 3 is 2.88 bits per heavy atom. The van der Waals surface area contributed by atoms with Crippen molar-refractivity contribution in [2.75, 3.05) is 5.88 Å². The second kappa shape index (κ2) is 4.50. The number of nitro groups is 1. The third-order valence-corrected chi connectivity index (χ3v) is 2.51. The van der Waals surface area contributed by atoms with Gasteiger partial charge in [0.15, 0.2) is 0 Å². The highest BCUT2D eigenvalue weighted by Crippen LogP contribution is 2.16. The molecule has 1 aromatic heterocycles. The zero-order chi connectivity index (χ0) is 12.4. The minimum absolute atomic E-state index is 0.113. The van der Waals surface area contributed by atoms with E-state index in [2.05, 4.69) is 5.10 Å². The van der Waals surface area contributed by atoms with E-state index in [-0.39, 0.29) is 29.1 Å². The zero-order valence-corrected chi connectivity index (χ0v) is 9.42. The number of aromatic nitrogens is 2. The number of hydrogen-bond acceptors (Lipinski definition) is 4. The van der Waals surface area contributed by atoms with Gasteiger partial charge in [0.1, 0.15) is 0 Å². The molecular formula is C10H8ClN3O3. The van der Waals surface area contributed by atoms with Crippen molar-refractivity contribution in [1.82, 2.24) is 9.78 Å². The lowest BCUT2D eigenvalue weighted by Gasteiger charge is -2.03. The van der Waals surface area contributed by atoms with Crippen LogP contribution in [0.25, 0.3) is 10.8 Å². The molecule has 2 aromatic rings. The van der Waals surface area contributed by atoms with Crippen LogP contribution in [-0.2, 0) is 6.54 Å². The van der Waals surface area contributed by atoms with Gasteiger partial charge in [-0.2, -0.15) is 5.10 Å². The Kier molecular flexibility index (Phi) is 3.06. The molecule has 17 heavy (non-hydrogen) atoms. The summed E-state index contributed by atoms with van der Waals surface area (Å²) in [5, 5.41) is 15.4. The highest BCUT2D eigenvalue weighted by atomic mass is 35.5. The van der Waals surface area contributed by atoms with Gasteiger partial charge in [-0.1, -0.05) is 0 Å². The van der Waals surface area contributed by atoms with Gasteiger partial charge in [0.2, 0.25) is 0 Å². The molecule has 0 bridgehead atoms. The van der Waals surface area contributed by atoms with Gasteiger partial charge in [-0.05, 0) is 6.07 Å². The summed E-state index contributed by atoms with van der Waals surface area (Å²) in [6.07, 6.45) is 1.49. The molecule has 0 aliphatic carbocycles. The van der Waals surface area contributed by atoms with Gasteiger partial charge >= 0.3 is 0 Å². The molecule has 0 saturated carbocycles. The third-order valence-electron chi connectivity index (χ3n) is 2.35. The van der Waals surface area contributed by atoms with Crippen molar-refractivity contribution in [2.24, 2.45) is 0 Å². The van der Waals surface area contributed by atoms with Crippen molar-refractivity contribution in [3.05, 3.63) is 44.9 Å². The first-order valence-corrected chi connectivity index (χ1v) is 5.37. The molecular weight excluding hydrogens is 246 g/mol. The highest BCUT2D eigenvalue weighted by Gasteiger charge is 2.10. The molecule has 1 heterocycles. The van der Waals surface area contributed by atoms with E-state index in [9.17, 15) is 14.9 Å². The van der Waals surface area contributed by atoms with Crippen LogP contribution in [0.1, 0.15) is 0 Å². The number of rotatable bonds is 3. The molecule has 0 radical (unpaired) electrons. The molecule has 0 atom stereocenters. The fourth-order valence-electron chi connectivity index (χ4n) is 1.52. The Balaban J connectivity index is 2.69. The van der Waals surface area contributed by atoms with Gasteiger partial charge in [-0.15, -0.1) is 11.6 Å². The summed E-state index contributed by atoms with van der Waals surface area (Å²) in [7, 11) is 0. The van der Waals surface area contributed by atoms with E-state index in [1.165, 1.54) is 29.1 Å². The fourth-order valence-corrected chi connectivity index (χ4v) is 1.68. The third kappa shape index (κ3) is 2.12. The standard InChI is InChI=1S/C10H8ClN3O3/c11-3-4-13-10(15)9-5-8(14(16)17)2-1-7(9)6-12-13/h1-2,5-6H,3-4H2. The van der Waals surface area contributed by atoms with Crippen molar-refractivity contribution in [1.29, 1.82) is 0 Å². The van der Waals surface area contributed by atoms with E-state index in [0.717, 1.165) is 0 Å². The molecule has 0 N–H and O–H groups in total. The zero-order valence-electron chi connectivity index (χ0n) is 8.67. The second-order valence-corrected chi connectivity index (χ2v) is 3.77. The maximum Gasteiger partial charge on any atom is 0.274 e. The minimum Gasteiger partial charge on any atom is -0.267 e. The summed E-state index contributed by atoms with van der Waals surface area (Å²) in [6.45, 7) is 0.277. The number of nitrogens with zero attached hydrogens (tertiary/aromatic N) is 3. The quantitative estimate of drug-likeness (QED) is 0.472. The number of aryl methyl sites for hydroxylation is 1. The maximum atomic E-state index is 11.9. The highest BCUT2D eigenvalue weighted by molar-refractivity contribution is 6.17. The number of halogens is 1.